The van der Waals surface area contributed by atoms with Crippen molar-refractivity contribution in [2.75, 3.05) is 7.11 Å². The highest BCUT2D eigenvalue weighted by Gasteiger charge is 2.25. The summed E-state index contributed by atoms with van der Waals surface area (Å²) >= 11 is 0. The van der Waals surface area contributed by atoms with E-state index in [4.69, 9.17) is 9.26 Å². The van der Waals surface area contributed by atoms with E-state index < -0.39 is 0 Å². The molecule has 6 nitrogen and oxygen atoms in total. The Balaban J connectivity index is 1.73. The van der Waals surface area contributed by atoms with Gasteiger partial charge >= 0.3 is 0 Å². The lowest BCUT2D eigenvalue weighted by atomic mass is 10.0. The maximum Gasteiger partial charge on any atom is 0.244 e. The summed E-state index contributed by atoms with van der Waals surface area (Å²) in [6, 6.07) is 12.0. The molecule has 27 heavy (non-hydrogen) atoms. The van der Waals surface area contributed by atoms with Crippen LogP contribution in [0.1, 0.15) is 38.3 Å². The molecule has 0 aliphatic rings. The van der Waals surface area contributed by atoms with Gasteiger partial charge in [-0.3, -0.25) is 4.98 Å². The Morgan fingerprint density at radius 3 is 2.63 bits per heavy atom. The predicted molar refractivity (Wildman–Crippen MR) is 104 cm³/mol. The third-order valence-electron chi connectivity index (χ3n) is 4.48. The summed E-state index contributed by atoms with van der Waals surface area (Å²) in [6.07, 6.45) is 4.30. The van der Waals surface area contributed by atoms with E-state index >= 15 is 0 Å². The van der Waals surface area contributed by atoms with Crippen LogP contribution in [0.5, 0.6) is 5.75 Å². The van der Waals surface area contributed by atoms with E-state index in [0.29, 0.717) is 17.6 Å². The lowest BCUT2D eigenvalue weighted by molar-refractivity contribution is 0.272. The van der Waals surface area contributed by atoms with E-state index in [1.165, 1.54) is 5.56 Å². The topological polar surface area (TPSA) is 73.1 Å². The van der Waals surface area contributed by atoms with Crippen molar-refractivity contribution in [2.45, 2.75) is 39.3 Å². The first kappa shape index (κ1) is 19.0. The fourth-order valence-corrected chi connectivity index (χ4v) is 3.09. The second-order valence-corrected chi connectivity index (χ2v) is 7.00. The van der Waals surface area contributed by atoms with E-state index in [-0.39, 0.29) is 12.1 Å². The molecule has 1 aromatic carbocycles. The molecule has 0 radical (unpaired) electrons. The van der Waals surface area contributed by atoms with Gasteiger partial charge in [0, 0.05) is 24.0 Å². The first-order valence-corrected chi connectivity index (χ1v) is 9.20. The van der Waals surface area contributed by atoms with E-state index in [2.05, 4.69) is 47.3 Å². The average molecular weight is 366 g/mol. The van der Waals surface area contributed by atoms with Crippen LogP contribution in [0.25, 0.3) is 11.4 Å². The molecule has 0 aliphatic carbocycles. The van der Waals surface area contributed by atoms with Crippen LogP contribution < -0.4 is 10.1 Å². The van der Waals surface area contributed by atoms with Gasteiger partial charge in [0.15, 0.2) is 0 Å². The first-order valence-electron chi connectivity index (χ1n) is 9.20. The van der Waals surface area contributed by atoms with E-state index in [9.17, 15) is 0 Å². The normalized spacial score (nSPS) is 13.5. The van der Waals surface area contributed by atoms with Crippen molar-refractivity contribution in [3.63, 3.8) is 0 Å². The molecule has 0 bridgehead atoms. The summed E-state index contributed by atoms with van der Waals surface area (Å²) in [4.78, 5) is 8.70. The van der Waals surface area contributed by atoms with Crippen LogP contribution in [0.15, 0.2) is 53.3 Å². The fourth-order valence-electron chi connectivity index (χ4n) is 3.09. The minimum absolute atomic E-state index is 0.0346. The minimum atomic E-state index is -0.0346. The van der Waals surface area contributed by atoms with Crippen molar-refractivity contribution >= 4 is 0 Å². The standard InChI is InChI=1S/C21H26N4O2/c1-14(2)19(21-24-20(25-27-21)17-9-7-11-22-13-17)23-15(3)12-16-8-5-6-10-18(16)26-4/h5-11,13-15,19,23H,12H2,1-4H3. The van der Waals surface area contributed by atoms with Gasteiger partial charge in [0.1, 0.15) is 5.75 Å². The van der Waals surface area contributed by atoms with Crippen LogP contribution in [0.3, 0.4) is 0 Å². The van der Waals surface area contributed by atoms with Crippen molar-refractivity contribution in [3.05, 3.63) is 60.2 Å². The zero-order chi connectivity index (χ0) is 19.2. The van der Waals surface area contributed by atoms with Crippen molar-refractivity contribution in [1.29, 1.82) is 0 Å². The van der Waals surface area contributed by atoms with Crippen molar-refractivity contribution in [1.82, 2.24) is 20.4 Å². The average Bonchev–Trinajstić information content (AvgIpc) is 3.17. The van der Waals surface area contributed by atoms with Gasteiger partial charge in [0.25, 0.3) is 0 Å². The zero-order valence-electron chi connectivity index (χ0n) is 16.2. The summed E-state index contributed by atoms with van der Waals surface area (Å²) < 4.78 is 11.0. The third-order valence-corrected chi connectivity index (χ3v) is 4.48. The summed E-state index contributed by atoms with van der Waals surface area (Å²) in [6.45, 7) is 6.43. The van der Waals surface area contributed by atoms with E-state index in [1.54, 1.807) is 19.5 Å². The smallest absolute Gasteiger partial charge is 0.244 e. The molecule has 0 saturated carbocycles. The highest BCUT2D eigenvalue weighted by molar-refractivity contribution is 5.51. The summed E-state index contributed by atoms with van der Waals surface area (Å²) in [5.41, 5.74) is 2.01. The Bertz CT molecular complexity index is 848. The number of pyridine rings is 1. The molecule has 2 heterocycles. The van der Waals surface area contributed by atoms with Gasteiger partial charge in [0.2, 0.25) is 11.7 Å². The van der Waals surface area contributed by atoms with Gasteiger partial charge in [-0.2, -0.15) is 4.98 Å². The second-order valence-electron chi connectivity index (χ2n) is 7.00. The molecule has 0 fully saturated rings. The summed E-state index contributed by atoms with van der Waals surface area (Å²) in [5, 5.41) is 7.75. The van der Waals surface area contributed by atoms with Crippen molar-refractivity contribution in [2.24, 2.45) is 5.92 Å². The van der Waals surface area contributed by atoms with E-state index in [1.807, 2.05) is 30.3 Å². The Kier molecular flexibility index (Phi) is 6.19. The zero-order valence-corrected chi connectivity index (χ0v) is 16.2. The quantitative estimate of drug-likeness (QED) is 0.648. The molecule has 3 rings (SSSR count). The number of hydrogen-bond donors (Lipinski definition) is 1. The molecule has 3 aromatic rings. The maximum atomic E-state index is 5.56. The molecule has 0 saturated heterocycles. The number of methoxy groups -OCH3 is 1. The minimum Gasteiger partial charge on any atom is -0.496 e. The van der Waals surface area contributed by atoms with Crippen LogP contribution in [0, 0.1) is 5.92 Å². The highest BCUT2D eigenvalue weighted by Crippen LogP contribution is 2.25. The molecule has 0 aliphatic heterocycles. The summed E-state index contributed by atoms with van der Waals surface area (Å²) in [7, 11) is 1.70. The second kappa shape index (κ2) is 8.77. The number of para-hydroxylation sites is 1. The third kappa shape index (κ3) is 4.71. The highest BCUT2D eigenvalue weighted by atomic mass is 16.5. The molecule has 2 unspecified atom stereocenters. The number of rotatable bonds is 8. The predicted octanol–water partition coefficient (Wildman–Crippen LogP) is 4.06. The molecule has 2 aromatic heterocycles. The molecule has 142 valence electrons. The lowest BCUT2D eigenvalue weighted by Crippen LogP contribution is -2.35. The number of hydrogen-bond acceptors (Lipinski definition) is 6. The van der Waals surface area contributed by atoms with Crippen molar-refractivity contribution < 1.29 is 9.26 Å². The van der Waals surface area contributed by atoms with Crippen LogP contribution in [-0.4, -0.2) is 28.3 Å². The largest absolute Gasteiger partial charge is 0.496 e. The van der Waals surface area contributed by atoms with Crippen LogP contribution in [-0.2, 0) is 6.42 Å². The molecular formula is C21H26N4O2. The Hall–Kier alpha value is -2.73. The first-order chi connectivity index (χ1) is 13.1. The van der Waals surface area contributed by atoms with Gasteiger partial charge in [-0.25, -0.2) is 0 Å². The number of aromatic nitrogens is 3. The van der Waals surface area contributed by atoms with Crippen LogP contribution >= 0.6 is 0 Å². The van der Waals surface area contributed by atoms with Crippen LogP contribution in [0.4, 0.5) is 0 Å². The summed E-state index contributed by atoms with van der Waals surface area (Å²) in [5.74, 6) is 2.36. The van der Waals surface area contributed by atoms with Gasteiger partial charge in [-0.05, 0) is 43.0 Å². The SMILES string of the molecule is COc1ccccc1CC(C)NC(c1nc(-c2cccnc2)no1)C(C)C. The molecule has 2 atom stereocenters. The van der Waals surface area contributed by atoms with E-state index in [0.717, 1.165) is 17.7 Å². The van der Waals surface area contributed by atoms with Gasteiger partial charge in [-0.1, -0.05) is 37.2 Å². The van der Waals surface area contributed by atoms with Gasteiger partial charge in [0.05, 0.1) is 13.2 Å². The monoisotopic (exact) mass is 366 g/mol. The van der Waals surface area contributed by atoms with Gasteiger partial charge < -0.3 is 14.6 Å². The Morgan fingerprint density at radius 1 is 1.11 bits per heavy atom. The molecule has 1 N–H and O–H groups in total. The molecule has 6 heteroatoms. The number of ether oxygens (including phenoxy) is 1. The number of nitrogens with zero attached hydrogens (tertiary/aromatic N) is 3. The molecular weight excluding hydrogens is 340 g/mol. The maximum absolute atomic E-state index is 5.56. The molecule has 0 amide bonds. The molecule has 0 spiro atoms. The van der Waals surface area contributed by atoms with Gasteiger partial charge in [-0.15, -0.1) is 0 Å². The Labute approximate surface area is 160 Å². The van der Waals surface area contributed by atoms with Crippen LogP contribution in [0.2, 0.25) is 0 Å². The van der Waals surface area contributed by atoms with Crippen molar-refractivity contribution in [3.8, 4) is 17.1 Å². The lowest BCUT2D eigenvalue weighted by Gasteiger charge is -2.24. The fraction of sp³-hybridized carbons (Fsp3) is 0.381. The Morgan fingerprint density at radius 2 is 1.93 bits per heavy atom. The number of nitrogens with one attached hydrogen (secondary N) is 1. The number of benzene rings is 1.